The summed E-state index contributed by atoms with van der Waals surface area (Å²) in [6.07, 6.45) is 0.279. The van der Waals surface area contributed by atoms with Gasteiger partial charge in [0.2, 0.25) is 0 Å². The van der Waals surface area contributed by atoms with Gasteiger partial charge in [-0.2, -0.15) is 0 Å². The molecule has 0 N–H and O–H groups in total. The van der Waals surface area contributed by atoms with Crippen molar-refractivity contribution in [1.29, 1.82) is 0 Å². The zero-order chi connectivity index (χ0) is 17.4. The second kappa shape index (κ2) is 6.87. The number of halogens is 1. The standard InChI is InChI=1S/C21H23FO3/c1-3-18-20(23-12-14-8-4-7-11-17(14)22)21-19(25-18)16-10-6-5-9-15(16)13(2)24-21/h4-11,13,18-21H,3,12H2,1-2H3/t13-,18-,19-,20+,21+/m1/s1. The first kappa shape index (κ1) is 16.7. The van der Waals surface area contributed by atoms with E-state index < -0.39 is 0 Å². The van der Waals surface area contributed by atoms with Gasteiger partial charge in [0.15, 0.2) is 0 Å². The molecule has 2 aromatic carbocycles. The summed E-state index contributed by atoms with van der Waals surface area (Å²) < 4.78 is 32.5. The van der Waals surface area contributed by atoms with Crippen LogP contribution in [0, 0.1) is 5.82 Å². The molecule has 2 heterocycles. The van der Waals surface area contributed by atoms with Crippen molar-refractivity contribution in [3.05, 3.63) is 71.0 Å². The summed E-state index contributed by atoms with van der Waals surface area (Å²) in [4.78, 5) is 0. The van der Waals surface area contributed by atoms with Crippen LogP contribution in [0.15, 0.2) is 48.5 Å². The van der Waals surface area contributed by atoms with Crippen molar-refractivity contribution in [1.82, 2.24) is 0 Å². The van der Waals surface area contributed by atoms with Crippen molar-refractivity contribution in [3.63, 3.8) is 0 Å². The van der Waals surface area contributed by atoms with Crippen LogP contribution in [0.4, 0.5) is 4.39 Å². The molecule has 4 rings (SSSR count). The van der Waals surface area contributed by atoms with Crippen LogP contribution in [0.3, 0.4) is 0 Å². The van der Waals surface area contributed by atoms with Crippen molar-refractivity contribution >= 4 is 0 Å². The summed E-state index contributed by atoms with van der Waals surface area (Å²) in [6.45, 7) is 4.36. The lowest BCUT2D eigenvalue weighted by Gasteiger charge is -2.34. The lowest BCUT2D eigenvalue weighted by molar-refractivity contribution is -0.108. The monoisotopic (exact) mass is 342 g/mol. The molecule has 0 aromatic heterocycles. The molecule has 1 fully saturated rings. The fourth-order valence-electron chi connectivity index (χ4n) is 3.91. The third-order valence-corrected chi connectivity index (χ3v) is 5.20. The van der Waals surface area contributed by atoms with Gasteiger partial charge in [0.1, 0.15) is 24.1 Å². The van der Waals surface area contributed by atoms with Gasteiger partial charge >= 0.3 is 0 Å². The Hall–Kier alpha value is -1.75. The van der Waals surface area contributed by atoms with Crippen LogP contribution in [0.25, 0.3) is 0 Å². The van der Waals surface area contributed by atoms with Crippen molar-refractivity contribution in [2.75, 3.05) is 0 Å². The number of hydrogen-bond donors (Lipinski definition) is 0. The van der Waals surface area contributed by atoms with Crippen LogP contribution < -0.4 is 0 Å². The predicted octanol–water partition coefficient (Wildman–Crippen LogP) is 4.72. The maximum absolute atomic E-state index is 13.9. The number of benzene rings is 2. The molecule has 0 saturated carbocycles. The summed E-state index contributed by atoms with van der Waals surface area (Å²) in [7, 11) is 0. The minimum absolute atomic E-state index is 0.00350. The Kier molecular flexibility index (Phi) is 4.59. The zero-order valence-electron chi connectivity index (χ0n) is 14.5. The SMILES string of the molecule is CC[C@H]1O[C@@H]2c3ccccc3[C@@H](C)O[C@@H]2[C@H]1OCc1ccccc1F. The number of fused-ring (bicyclic) bond motifs is 3. The quantitative estimate of drug-likeness (QED) is 0.804. The van der Waals surface area contributed by atoms with Gasteiger partial charge < -0.3 is 14.2 Å². The highest BCUT2D eigenvalue weighted by Crippen LogP contribution is 2.46. The highest BCUT2D eigenvalue weighted by atomic mass is 19.1. The van der Waals surface area contributed by atoms with E-state index in [2.05, 4.69) is 26.0 Å². The van der Waals surface area contributed by atoms with Gasteiger partial charge in [-0.15, -0.1) is 0 Å². The first-order valence-corrected chi connectivity index (χ1v) is 8.93. The van der Waals surface area contributed by atoms with Gasteiger partial charge in [-0.1, -0.05) is 49.4 Å². The second-order valence-corrected chi connectivity index (χ2v) is 6.74. The maximum Gasteiger partial charge on any atom is 0.128 e. The van der Waals surface area contributed by atoms with Crippen molar-refractivity contribution < 1.29 is 18.6 Å². The van der Waals surface area contributed by atoms with E-state index in [-0.39, 0.29) is 42.9 Å². The smallest absolute Gasteiger partial charge is 0.128 e. The molecule has 5 atom stereocenters. The Bertz CT molecular complexity index is 747. The topological polar surface area (TPSA) is 27.7 Å². The Morgan fingerprint density at radius 3 is 2.48 bits per heavy atom. The summed E-state index contributed by atoms with van der Waals surface area (Å²) in [5.74, 6) is -0.241. The lowest BCUT2D eigenvalue weighted by atomic mass is 9.91. The maximum atomic E-state index is 13.9. The first-order chi connectivity index (χ1) is 12.2. The first-order valence-electron chi connectivity index (χ1n) is 8.93. The van der Waals surface area contributed by atoms with Gasteiger partial charge in [-0.05, 0) is 30.5 Å². The van der Waals surface area contributed by atoms with Gasteiger partial charge in [-0.25, -0.2) is 4.39 Å². The molecule has 3 nitrogen and oxygen atoms in total. The molecule has 2 aliphatic heterocycles. The van der Waals surface area contributed by atoms with E-state index in [0.29, 0.717) is 5.56 Å². The minimum Gasteiger partial charge on any atom is -0.368 e. The number of rotatable bonds is 4. The van der Waals surface area contributed by atoms with E-state index in [9.17, 15) is 4.39 Å². The van der Waals surface area contributed by atoms with Gasteiger partial charge in [0.05, 0.1) is 18.8 Å². The van der Waals surface area contributed by atoms with Crippen LogP contribution in [0.5, 0.6) is 0 Å². The molecule has 132 valence electrons. The number of ether oxygens (including phenoxy) is 3. The van der Waals surface area contributed by atoms with E-state index >= 15 is 0 Å². The zero-order valence-corrected chi connectivity index (χ0v) is 14.5. The molecule has 2 aliphatic rings. The molecule has 0 unspecified atom stereocenters. The van der Waals surface area contributed by atoms with E-state index in [0.717, 1.165) is 6.42 Å². The van der Waals surface area contributed by atoms with Crippen molar-refractivity contribution in [2.45, 2.75) is 57.4 Å². The highest BCUT2D eigenvalue weighted by molar-refractivity contribution is 5.35. The summed E-state index contributed by atoms with van der Waals surface area (Å²) in [6, 6.07) is 15.0. The number of hydrogen-bond acceptors (Lipinski definition) is 3. The fraction of sp³-hybridized carbons (Fsp3) is 0.429. The molecule has 4 heteroatoms. The largest absolute Gasteiger partial charge is 0.368 e. The van der Waals surface area contributed by atoms with Gasteiger partial charge in [0, 0.05) is 5.56 Å². The van der Waals surface area contributed by atoms with E-state index in [4.69, 9.17) is 14.2 Å². The van der Waals surface area contributed by atoms with E-state index in [1.54, 1.807) is 12.1 Å². The Morgan fingerprint density at radius 2 is 1.72 bits per heavy atom. The molecular formula is C21H23FO3. The molecule has 0 aliphatic carbocycles. The third kappa shape index (κ3) is 2.99. The normalized spacial score (nSPS) is 30.8. The van der Waals surface area contributed by atoms with Crippen molar-refractivity contribution in [3.8, 4) is 0 Å². The Labute approximate surface area is 147 Å². The average molecular weight is 342 g/mol. The second-order valence-electron chi connectivity index (χ2n) is 6.74. The van der Waals surface area contributed by atoms with Gasteiger partial charge in [-0.3, -0.25) is 0 Å². The van der Waals surface area contributed by atoms with E-state index in [1.807, 2.05) is 18.2 Å². The van der Waals surface area contributed by atoms with Crippen LogP contribution in [-0.4, -0.2) is 18.3 Å². The summed E-state index contributed by atoms with van der Waals surface area (Å²) in [5.41, 5.74) is 2.92. The van der Waals surface area contributed by atoms with E-state index in [1.165, 1.54) is 17.2 Å². The minimum atomic E-state index is -0.241. The highest BCUT2D eigenvalue weighted by Gasteiger charge is 2.49. The van der Waals surface area contributed by atoms with Crippen molar-refractivity contribution in [2.24, 2.45) is 0 Å². The predicted molar refractivity (Wildman–Crippen MR) is 92.6 cm³/mol. The molecule has 0 radical (unpaired) electrons. The molecule has 1 saturated heterocycles. The molecule has 0 bridgehead atoms. The summed E-state index contributed by atoms with van der Waals surface area (Å²) in [5, 5.41) is 0. The molecule has 2 aromatic rings. The molecular weight excluding hydrogens is 319 g/mol. The van der Waals surface area contributed by atoms with Crippen LogP contribution in [0.2, 0.25) is 0 Å². The van der Waals surface area contributed by atoms with Crippen LogP contribution in [-0.2, 0) is 20.8 Å². The van der Waals surface area contributed by atoms with Gasteiger partial charge in [0.25, 0.3) is 0 Å². The Morgan fingerprint density at radius 1 is 1.00 bits per heavy atom. The average Bonchev–Trinajstić information content (AvgIpc) is 2.99. The van der Waals surface area contributed by atoms with Crippen LogP contribution >= 0.6 is 0 Å². The molecule has 25 heavy (non-hydrogen) atoms. The third-order valence-electron chi connectivity index (χ3n) is 5.20. The fourth-order valence-corrected chi connectivity index (χ4v) is 3.91. The molecule has 0 amide bonds. The lowest BCUT2D eigenvalue weighted by Crippen LogP contribution is -2.38. The Balaban J connectivity index is 1.57. The summed E-state index contributed by atoms with van der Waals surface area (Å²) >= 11 is 0. The van der Waals surface area contributed by atoms with Crippen LogP contribution in [0.1, 0.15) is 49.2 Å². The molecule has 0 spiro atoms.